The van der Waals surface area contributed by atoms with Gasteiger partial charge in [0.05, 0.1) is 5.66 Å². The van der Waals surface area contributed by atoms with E-state index in [2.05, 4.69) is 25.8 Å². The number of hydrogen-bond acceptors (Lipinski definition) is 2. The lowest BCUT2D eigenvalue weighted by atomic mass is 9.86. The topological polar surface area (TPSA) is 29.3 Å². The van der Waals surface area contributed by atoms with E-state index in [1.807, 2.05) is 0 Å². The monoisotopic (exact) mass is 282 g/mol. The summed E-state index contributed by atoms with van der Waals surface area (Å²) < 4.78 is 0. The van der Waals surface area contributed by atoms with Crippen LogP contribution in [0.2, 0.25) is 0 Å². The summed E-state index contributed by atoms with van der Waals surface area (Å²) in [5.74, 6) is 0.966. The van der Waals surface area contributed by atoms with Gasteiger partial charge in [0.25, 0.3) is 0 Å². The fraction of sp³-hybridized carbons (Fsp3) is 1.00. The van der Waals surface area contributed by atoms with Gasteiger partial charge in [-0.05, 0) is 38.8 Å². The zero-order valence-corrected chi connectivity index (χ0v) is 14.3. The van der Waals surface area contributed by atoms with Crippen molar-refractivity contribution in [1.82, 2.24) is 4.90 Å². The van der Waals surface area contributed by atoms with Crippen molar-refractivity contribution < 1.29 is 0 Å². The van der Waals surface area contributed by atoms with E-state index in [1.165, 1.54) is 70.8 Å². The molecular weight excluding hydrogens is 244 g/mol. The maximum Gasteiger partial charge on any atom is 0.0684 e. The van der Waals surface area contributed by atoms with Gasteiger partial charge in [-0.1, -0.05) is 71.6 Å². The van der Waals surface area contributed by atoms with Crippen LogP contribution in [-0.2, 0) is 0 Å². The van der Waals surface area contributed by atoms with Gasteiger partial charge in [-0.2, -0.15) is 0 Å². The molecule has 0 spiro atoms. The Morgan fingerprint density at radius 1 is 1.00 bits per heavy atom. The lowest BCUT2D eigenvalue weighted by Gasteiger charge is -2.40. The van der Waals surface area contributed by atoms with Crippen LogP contribution in [0.3, 0.4) is 0 Å². The summed E-state index contributed by atoms with van der Waals surface area (Å²) in [7, 11) is 2.26. The third kappa shape index (κ3) is 6.13. The van der Waals surface area contributed by atoms with Crippen molar-refractivity contribution >= 4 is 0 Å². The standard InChI is InChI=1S/C18H38N2/c1-4-6-14-18(19,15-7-5-2)20(3)16-13-17-11-9-8-10-12-17/h17H,4-16,19H2,1-3H3. The summed E-state index contributed by atoms with van der Waals surface area (Å²) in [5, 5.41) is 0. The van der Waals surface area contributed by atoms with E-state index in [0.29, 0.717) is 0 Å². The number of nitrogens with two attached hydrogens (primary N) is 1. The van der Waals surface area contributed by atoms with Crippen LogP contribution >= 0.6 is 0 Å². The molecule has 1 fully saturated rings. The molecule has 0 heterocycles. The van der Waals surface area contributed by atoms with Crippen LogP contribution < -0.4 is 5.73 Å². The first-order valence-electron chi connectivity index (χ1n) is 9.12. The van der Waals surface area contributed by atoms with Crippen molar-refractivity contribution in [3.05, 3.63) is 0 Å². The molecule has 120 valence electrons. The Labute approximate surface area is 127 Å². The Bertz CT molecular complexity index is 226. The molecule has 0 bridgehead atoms. The highest BCUT2D eigenvalue weighted by Crippen LogP contribution is 2.28. The zero-order valence-electron chi connectivity index (χ0n) is 14.3. The molecule has 1 aliphatic carbocycles. The number of rotatable bonds is 10. The third-order valence-corrected chi connectivity index (χ3v) is 5.28. The number of unbranched alkanes of at least 4 members (excludes halogenated alkanes) is 2. The summed E-state index contributed by atoms with van der Waals surface area (Å²) >= 11 is 0. The molecule has 1 rings (SSSR count). The molecule has 0 radical (unpaired) electrons. The van der Waals surface area contributed by atoms with Crippen molar-refractivity contribution in [1.29, 1.82) is 0 Å². The molecule has 2 heteroatoms. The Hall–Kier alpha value is -0.0800. The molecule has 0 aliphatic heterocycles. The number of nitrogens with zero attached hydrogens (tertiary/aromatic N) is 1. The molecule has 0 atom stereocenters. The van der Waals surface area contributed by atoms with Crippen LogP contribution in [0.15, 0.2) is 0 Å². The van der Waals surface area contributed by atoms with Crippen LogP contribution in [-0.4, -0.2) is 24.2 Å². The van der Waals surface area contributed by atoms with Gasteiger partial charge in [0.15, 0.2) is 0 Å². The molecule has 2 N–H and O–H groups in total. The molecule has 20 heavy (non-hydrogen) atoms. The summed E-state index contributed by atoms with van der Waals surface area (Å²) in [5.41, 5.74) is 6.70. The van der Waals surface area contributed by atoms with Gasteiger partial charge < -0.3 is 5.73 Å². The van der Waals surface area contributed by atoms with Crippen molar-refractivity contribution in [2.24, 2.45) is 11.7 Å². The minimum absolute atomic E-state index is 0.0549. The first kappa shape index (κ1) is 18.0. The van der Waals surface area contributed by atoms with E-state index in [1.54, 1.807) is 0 Å². The zero-order chi connectivity index (χ0) is 14.8. The van der Waals surface area contributed by atoms with Gasteiger partial charge in [0.1, 0.15) is 0 Å². The first-order valence-corrected chi connectivity index (χ1v) is 9.12. The van der Waals surface area contributed by atoms with E-state index in [4.69, 9.17) is 5.73 Å². The van der Waals surface area contributed by atoms with Crippen molar-refractivity contribution in [2.75, 3.05) is 13.6 Å². The van der Waals surface area contributed by atoms with Gasteiger partial charge in [0.2, 0.25) is 0 Å². The summed E-state index contributed by atoms with van der Waals surface area (Å²) in [6.45, 7) is 5.72. The van der Waals surface area contributed by atoms with E-state index < -0.39 is 0 Å². The van der Waals surface area contributed by atoms with E-state index >= 15 is 0 Å². The Kier molecular flexibility index (Phi) is 8.79. The van der Waals surface area contributed by atoms with Crippen LogP contribution in [0.1, 0.15) is 90.9 Å². The SMILES string of the molecule is CCCCC(N)(CCCC)N(C)CCC1CCCCC1. The van der Waals surface area contributed by atoms with Crippen LogP contribution in [0, 0.1) is 5.92 Å². The largest absolute Gasteiger partial charge is 0.313 e. The summed E-state index contributed by atoms with van der Waals surface area (Å²) in [4.78, 5) is 2.48. The highest BCUT2D eigenvalue weighted by Gasteiger charge is 2.29. The van der Waals surface area contributed by atoms with E-state index in [-0.39, 0.29) is 5.66 Å². The molecule has 2 nitrogen and oxygen atoms in total. The molecule has 0 unspecified atom stereocenters. The second-order valence-corrected chi connectivity index (χ2v) is 7.02. The van der Waals surface area contributed by atoms with E-state index in [9.17, 15) is 0 Å². The Morgan fingerprint density at radius 3 is 2.05 bits per heavy atom. The predicted molar refractivity (Wildman–Crippen MR) is 89.8 cm³/mol. The second-order valence-electron chi connectivity index (χ2n) is 7.02. The Morgan fingerprint density at radius 2 is 1.55 bits per heavy atom. The highest BCUT2D eigenvalue weighted by atomic mass is 15.2. The van der Waals surface area contributed by atoms with Gasteiger partial charge in [0, 0.05) is 0 Å². The van der Waals surface area contributed by atoms with Crippen molar-refractivity contribution in [2.45, 2.75) is 96.6 Å². The van der Waals surface area contributed by atoms with Gasteiger partial charge in [-0.3, -0.25) is 4.90 Å². The smallest absolute Gasteiger partial charge is 0.0684 e. The summed E-state index contributed by atoms with van der Waals surface area (Å²) in [6, 6.07) is 0. The quantitative estimate of drug-likeness (QED) is 0.576. The van der Waals surface area contributed by atoms with E-state index in [0.717, 1.165) is 18.8 Å². The minimum Gasteiger partial charge on any atom is -0.313 e. The second kappa shape index (κ2) is 9.78. The molecule has 1 aliphatic rings. The third-order valence-electron chi connectivity index (χ3n) is 5.28. The van der Waals surface area contributed by atoms with Gasteiger partial charge >= 0.3 is 0 Å². The molecule has 0 aromatic carbocycles. The summed E-state index contributed by atoms with van der Waals surface area (Å²) in [6.07, 6.45) is 16.0. The Balaban J connectivity index is 2.41. The van der Waals surface area contributed by atoms with Gasteiger partial charge in [-0.25, -0.2) is 0 Å². The normalized spacial score (nSPS) is 17.9. The van der Waals surface area contributed by atoms with Crippen molar-refractivity contribution in [3.8, 4) is 0 Å². The average Bonchev–Trinajstić information content (AvgIpc) is 2.49. The number of hydrogen-bond donors (Lipinski definition) is 1. The maximum atomic E-state index is 6.76. The van der Waals surface area contributed by atoms with Crippen LogP contribution in [0.5, 0.6) is 0 Å². The minimum atomic E-state index is -0.0549. The van der Waals surface area contributed by atoms with Crippen molar-refractivity contribution in [3.63, 3.8) is 0 Å². The van der Waals surface area contributed by atoms with Crippen LogP contribution in [0.25, 0.3) is 0 Å². The average molecular weight is 283 g/mol. The van der Waals surface area contributed by atoms with Crippen LogP contribution in [0.4, 0.5) is 0 Å². The fourth-order valence-corrected chi connectivity index (χ4v) is 3.55. The molecule has 0 aromatic heterocycles. The maximum absolute atomic E-state index is 6.76. The molecule has 1 saturated carbocycles. The lowest BCUT2D eigenvalue weighted by molar-refractivity contribution is 0.0886. The molecule has 0 saturated heterocycles. The molecular formula is C18H38N2. The fourth-order valence-electron chi connectivity index (χ4n) is 3.55. The first-order chi connectivity index (χ1) is 9.62. The molecule has 0 amide bonds. The van der Waals surface area contributed by atoms with Gasteiger partial charge in [-0.15, -0.1) is 0 Å². The predicted octanol–water partition coefficient (Wildman–Crippen LogP) is 4.92. The molecule has 0 aromatic rings. The highest BCUT2D eigenvalue weighted by molar-refractivity contribution is 4.83. The lowest BCUT2D eigenvalue weighted by Crippen LogP contribution is -2.54.